The molecule has 0 bridgehead atoms. The highest BCUT2D eigenvalue weighted by atomic mass is 16.3. The topological polar surface area (TPSA) is 54.4 Å². The van der Waals surface area contributed by atoms with Gasteiger partial charge in [-0.3, -0.25) is 4.98 Å². The van der Waals surface area contributed by atoms with Gasteiger partial charge < -0.3 is 19.1 Å². The van der Waals surface area contributed by atoms with E-state index in [1.807, 2.05) is 24.5 Å². The molecule has 0 spiro atoms. The number of fused-ring (bicyclic) bond motifs is 9. The van der Waals surface area contributed by atoms with Crippen LogP contribution in [0, 0.1) is 0 Å². The predicted octanol–water partition coefficient (Wildman–Crippen LogP) is 9.58. The Bertz CT molecular complexity index is 2340. The molecule has 3 aromatic heterocycles. The third kappa shape index (κ3) is 3.20. The second kappa shape index (κ2) is 8.47. The standard InChI is InChI=1S/C36H23N3O2/c1-2-8-23-22(7-1)19-32(25-10-4-3-9-24(23)25)39(30-13-5-11-27-26-15-17-38-21-34(26)41-35(27)30)31-14-6-12-28-29-20-37-18-16-33(29)40-36(28)31/h1-19,21,37H,20H2. The second-order valence-corrected chi connectivity index (χ2v) is 10.4. The Kier molecular flexibility index (Phi) is 4.61. The summed E-state index contributed by atoms with van der Waals surface area (Å²) in [5.74, 6) is 0.891. The first kappa shape index (κ1) is 22.3. The van der Waals surface area contributed by atoms with E-state index in [9.17, 15) is 0 Å². The van der Waals surface area contributed by atoms with Gasteiger partial charge in [0, 0.05) is 46.0 Å². The Morgan fingerprint density at radius 1 is 0.634 bits per heavy atom. The number of pyridine rings is 1. The second-order valence-electron chi connectivity index (χ2n) is 10.4. The number of hydrogen-bond donors (Lipinski definition) is 1. The Hall–Kier alpha value is -5.55. The molecule has 41 heavy (non-hydrogen) atoms. The minimum absolute atomic E-state index is 0.730. The van der Waals surface area contributed by atoms with Crippen LogP contribution in [0.2, 0.25) is 0 Å². The van der Waals surface area contributed by atoms with Gasteiger partial charge in [0.15, 0.2) is 16.7 Å². The molecule has 8 aromatic rings. The average molecular weight is 530 g/mol. The van der Waals surface area contributed by atoms with Gasteiger partial charge in [-0.25, -0.2) is 0 Å². The van der Waals surface area contributed by atoms with E-state index in [2.05, 4.69) is 106 Å². The van der Waals surface area contributed by atoms with Crippen LogP contribution in [-0.4, -0.2) is 4.98 Å². The van der Waals surface area contributed by atoms with E-state index in [4.69, 9.17) is 8.83 Å². The van der Waals surface area contributed by atoms with Crippen molar-refractivity contribution in [3.05, 3.63) is 127 Å². The van der Waals surface area contributed by atoms with Crippen LogP contribution in [0.5, 0.6) is 0 Å². The fraction of sp³-hybridized carbons (Fsp3) is 0.0278. The molecule has 0 radical (unpaired) electrons. The first-order chi connectivity index (χ1) is 20.3. The SMILES string of the molecule is C1=Cc2oc3c(N(c4cc5ccccc5c5ccccc45)c4cccc5c4oc4cnccc45)cccc3c2CN1. The quantitative estimate of drug-likeness (QED) is 0.231. The van der Waals surface area contributed by atoms with Crippen molar-refractivity contribution in [2.45, 2.75) is 6.54 Å². The summed E-state index contributed by atoms with van der Waals surface area (Å²) in [6.45, 7) is 0.730. The molecule has 9 rings (SSSR count). The van der Waals surface area contributed by atoms with E-state index in [0.717, 1.165) is 67.7 Å². The van der Waals surface area contributed by atoms with Crippen molar-refractivity contribution in [1.82, 2.24) is 10.3 Å². The van der Waals surface area contributed by atoms with Gasteiger partial charge in [-0.2, -0.15) is 0 Å². The van der Waals surface area contributed by atoms with Crippen LogP contribution in [-0.2, 0) is 6.54 Å². The molecule has 5 aromatic carbocycles. The summed E-state index contributed by atoms with van der Waals surface area (Å²) < 4.78 is 13.2. The lowest BCUT2D eigenvalue weighted by atomic mass is 9.98. The zero-order chi connectivity index (χ0) is 26.9. The summed E-state index contributed by atoms with van der Waals surface area (Å²) >= 11 is 0. The zero-order valence-electron chi connectivity index (χ0n) is 22.0. The van der Waals surface area contributed by atoms with E-state index in [0.29, 0.717) is 0 Å². The lowest BCUT2D eigenvalue weighted by Crippen LogP contribution is -2.11. The number of aromatic nitrogens is 1. The van der Waals surface area contributed by atoms with E-state index in [1.54, 1.807) is 6.20 Å². The number of furan rings is 2. The number of benzene rings is 5. The number of rotatable bonds is 3. The van der Waals surface area contributed by atoms with Crippen molar-refractivity contribution in [1.29, 1.82) is 0 Å². The largest absolute Gasteiger partial charge is 0.454 e. The third-order valence-corrected chi connectivity index (χ3v) is 8.21. The summed E-state index contributed by atoms with van der Waals surface area (Å²) in [6, 6.07) is 34.2. The molecule has 0 fully saturated rings. The maximum Gasteiger partial charge on any atom is 0.159 e. The molecule has 4 heterocycles. The number of nitrogens with one attached hydrogen (secondary N) is 1. The van der Waals surface area contributed by atoms with Crippen LogP contribution < -0.4 is 10.2 Å². The predicted molar refractivity (Wildman–Crippen MR) is 167 cm³/mol. The molecule has 1 N–H and O–H groups in total. The molecular formula is C36H23N3O2. The van der Waals surface area contributed by atoms with Crippen LogP contribution in [0.4, 0.5) is 17.1 Å². The number of hydrogen-bond acceptors (Lipinski definition) is 5. The van der Waals surface area contributed by atoms with E-state index < -0.39 is 0 Å². The van der Waals surface area contributed by atoms with Gasteiger partial charge >= 0.3 is 0 Å². The third-order valence-electron chi connectivity index (χ3n) is 8.21. The number of para-hydroxylation sites is 2. The van der Waals surface area contributed by atoms with Crippen molar-refractivity contribution in [2.75, 3.05) is 4.90 Å². The van der Waals surface area contributed by atoms with Gasteiger partial charge in [0.05, 0.1) is 23.3 Å². The van der Waals surface area contributed by atoms with Crippen LogP contribution in [0.3, 0.4) is 0 Å². The highest BCUT2D eigenvalue weighted by Gasteiger charge is 2.26. The Balaban J connectivity index is 1.44. The van der Waals surface area contributed by atoms with Crippen LogP contribution >= 0.6 is 0 Å². The van der Waals surface area contributed by atoms with Gasteiger partial charge in [0.25, 0.3) is 0 Å². The molecule has 194 valence electrons. The Morgan fingerprint density at radius 2 is 1.37 bits per heavy atom. The van der Waals surface area contributed by atoms with Gasteiger partial charge in [-0.15, -0.1) is 0 Å². The van der Waals surface area contributed by atoms with Gasteiger partial charge in [-0.1, -0.05) is 72.8 Å². The van der Waals surface area contributed by atoms with Gasteiger partial charge in [0.1, 0.15) is 5.76 Å². The number of anilines is 3. The average Bonchev–Trinajstić information content (AvgIpc) is 3.61. The summed E-state index contributed by atoms with van der Waals surface area (Å²) in [4.78, 5) is 6.62. The molecule has 1 aliphatic rings. The fourth-order valence-corrected chi connectivity index (χ4v) is 6.39. The number of nitrogens with zero attached hydrogens (tertiary/aromatic N) is 2. The van der Waals surface area contributed by atoms with Crippen molar-refractivity contribution < 1.29 is 8.83 Å². The normalized spacial score (nSPS) is 12.9. The van der Waals surface area contributed by atoms with Crippen molar-refractivity contribution in [2.24, 2.45) is 0 Å². The first-order valence-corrected chi connectivity index (χ1v) is 13.8. The summed E-state index contributed by atoms with van der Waals surface area (Å²) in [6.07, 6.45) is 7.55. The highest BCUT2D eigenvalue weighted by molar-refractivity contribution is 6.17. The fourth-order valence-electron chi connectivity index (χ4n) is 6.39. The molecule has 5 heteroatoms. The maximum atomic E-state index is 6.61. The minimum atomic E-state index is 0.730. The lowest BCUT2D eigenvalue weighted by Gasteiger charge is -2.27. The molecule has 0 unspecified atom stereocenters. The lowest BCUT2D eigenvalue weighted by molar-refractivity contribution is 0.592. The summed E-state index contributed by atoms with van der Waals surface area (Å²) in [5, 5.41) is 11.3. The van der Waals surface area contributed by atoms with Crippen molar-refractivity contribution in [3.8, 4) is 0 Å². The van der Waals surface area contributed by atoms with Crippen molar-refractivity contribution >= 4 is 77.6 Å². The van der Waals surface area contributed by atoms with Gasteiger partial charge in [-0.05, 0) is 46.5 Å². The maximum absolute atomic E-state index is 6.61. The van der Waals surface area contributed by atoms with Crippen LogP contribution in [0.15, 0.2) is 124 Å². The molecule has 0 saturated carbocycles. The summed E-state index contributed by atoms with van der Waals surface area (Å²) in [5.41, 5.74) is 6.54. The molecule has 1 aliphatic heterocycles. The first-order valence-electron chi connectivity index (χ1n) is 13.8. The molecule has 0 aliphatic carbocycles. The Morgan fingerprint density at radius 3 is 2.24 bits per heavy atom. The van der Waals surface area contributed by atoms with E-state index in [-0.39, 0.29) is 0 Å². The molecule has 5 nitrogen and oxygen atoms in total. The van der Waals surface area contributed by atoms with Gasteiger partial charge in [0.2, 0.25) is 0 Å². The van der Waals surface area contributed by atoms with E-state index in [1.165, 1.54) is 21.7 Å². The highest BCUT2D eigenvalue weighted by Crippen LogP contribution is 2.48. The smallest absolute Gasteiger partial charge is 0.159 e. The van der Waals surface area contributed by atoms with Crippen LogP contribution in [0.25, 0.3) is 60.5 Å². The molecule has 0 saturated heterocycles. The monoisotopic (exact) mass is 529 g/mol. The molecular weight excluding hydrogens is 506 g/mol. The van der Waals surface area contributed by atoms with E-state index >= 15 is 0 Å². The Labute approximate surface area is 234 Å². The minimum Gasteiger partial charge on any atom is -0.454 e. The van der Waals surface area contributed by atoms with Crippen LogP contribution in [0.1, 0.15) is 11.3 Å². The summed E-state index contributed by atoms with van der Waals surface area (Å²) in [7, 11) is 0. The zero-order valence-corrected chi connectivity index (χ0v) is 22.0. The molecule has 0 atom stereocenters. The van der Waals surface area contributed by atoms with Crippen molar-refractivity contribution in [3.63, 3.8) is 0 Å². The molecule has 0 amide bonds.